The fraction of sp³-hybridized carbons (Fsp3) is 0.684. The number of aliphatic hydroxyl groups is 1. The maximum atomic E-state index is 11.4. The van der Waals surface area contributed by atoms with Crippen molar-refractivity contribution in [1.29, 1.82) is 0 Å². The van der Waals surface area contributed by atoms with E-state index in [1.54, 1.807) is 32.7 Å². The van der Waals surface area contributed by atoms with Crippen molar-refractivity contribution in [2.24, 2.45) is 0 Å². The number of nitrogens with one attached hydrogen (secondary N) is 1. The molecule has 0 aliphatic carbocycles. The molecule has 0 bridgehead atoms. The topological polar surface area (TPSA) is 119 Å². The molecule has 1 aromatic heterocycles. The van der Waals surface area contributed by atoms with Gasteiger partial charge in [0.05, 0.1) is 12.7 Å². The summed E-state index contributed by atoms with van der Waals surface area (Å²) < 4.78 is 22.3. The number of ether oxygens (including phenoxy) is 1. The average Bonchev–Trinajstić information content (AvgIpc) is 2.70. The molecule has 0 radical (unpaired) electrons. The van der Waals surface area contributed by atoms with Crippen LogP contribution in [0.2, 0.25) is 6.04 Å². The summed E-state index contributed by atoms with van der Waals surface area (Å²) in [5.41, 5.74) is 0.811. The van der Waals surface area contributed by atoms with Crippen molar-refractivity contribution in [3.63, 3.8) is 0 Å². The second-order valence-electron chi connectivity index (χ2n) is 6.95. The van der Waals surface area contributed by atoms with Gasteiger partial charge in [0, 0.05) is 51.9 Å². The Hall–Kier alpha value is -1.40. The number of pyridine rings is 1. The second kappa shape index (κ2) is 13.8. The zero-order valence-electron chi connectivity index (χ0n) is 17.7. The number of hydrogen-bond donors (Lipinski definition) is 3. The van der Waals surface area contributed by atoms with Gasteiger partial charge in [-0.1, -0.05) is 6.07 Å². The van der Waals surface area contributed by atoms with Crippen LogP contribution in [-0.2, 0) is 29.2 Å². The summed E-state index contributed by atoms with van der Waals surface area (Å²) in [6.07, 6.45) is 3.40. The highest BCUT2D eigenvalue weighted by Crippen LogP contribution is 2.18. The van der Waals surface area contributed by atoms with Crippen LogP contribution in [0.5, 0.6) is 0 Å². The molecule has 0 fully saturated rings. The van der Waals surface area contributed by atoms with E-state index in [0.29, 0.717) is 19.1 Å². The Bertz CT molecular complexity index is 573. The number of aliphatic carboxylic acids is 1. The maximum Gasteiger partial charge on any atom is 0.500 e. The molecular formula is C19H34N2O7Si. The molecule has 1 aromatic rings. The summed E-state index contributed by atoms with van der Waals surface area (Å²) in [5.74, 6) is -0.979. The van der Waals surface area contributed by atoms with Crippen LogP contribution < -0.4 is 5.32 Å². The number of carbonyl (C=O) groups is 1. The lowest BCUT2D eigenvalue weighted by Crippen LogP contribution is -2.46. The highest BCUT2D eigenvalue weighted by Gasteiger charge is 2.39. The van der Waals surface area contributed by atoms with Crippen LogP contribution in [0.25, 0.3) is 0 Å². The fourth-order valence-corrected chi connectivity index (χ4v) is 4.93. The van der Waals surface area contributed by atoms with E-state index in [1.165, 1.54) is 0 Å². The molecule has 0 saturated carbocycles. The van der Waals surface area contributed by atoms with Gasteiger partial charge in [-0.05, 0) is 38.3 Å². The first-order chi connectivity index (χ1) is 13.8. The molecule has 3 N–H and O–H groups in total. The Morgan fingerprint density at radius 2 is 2.03 bits per heavy atom. The van der Waals surface area contributed by atoms with Crippen molar-refractivity contribution in [1.82, 2.24) is 10.3 Å². The van der Waals surface area contributed by atoms with Gasteiger partial charge >= 0.3 is 14.8 Å². The lowest BCUT2D eigenvalue weighted by atomic mass is 10.1. The van der Waals surface area contributed by atoms with Gasteiger partial charge in [-0.2, -0.15) is 0 Å². The fourth-order valence-electron chi connectivity index (χ4n) is 2.75. The summed E-state index contributed by atoms with van der Waals surface area (Å²) in [4.78, 5) is 15.4. The lowest BCUT2D eigenvalue weighted by molar-refractivity contribution is -0.139. The average molecular weight is 431 g/mol. The van der Waals surface area contributed by atoms with Crippen LogP contribution >= 0.6 is 0 Å². The van der Waals surface area contributed by atoms with E-state index >= 15 is 0 Å². The van der Waals surface area contributed by atoms with Gasteiger partial charge in [-0.3, -0.25) is 9.78 Å². The molecule has 1 heterocycles. The summed E-state index contributed by atoms with van der Waals surface area (Å²) in [6, 6.07) is 3.38. The molecule has 0 saturated heterocycles. The SMILES string of the molecule is CO[Si](CCCOCC(O)CNC(Cc1cccnc1)C(=O)O)(OC)OC(C)C. The van der Waals surface area contributed by atoms with Crippen LogP contribution in [0.4, 0.5) is 0 Å². The highest BCUT2D eigenvalue weighted by atomic mass is 28.4. The van der Waals surface area contributed by atoms with Gasteiger partial charge in [0.15, 0.2) is 0 Å². The third-order valence-electron chi connectivity index (χ3n) is 4.18. The Balaban J connectivity index is 2.30. The van der Waals surface area contributed by atoms with E-state index in [1.807, 2.05) is 19.9 Å². The molecule has 0 aliphatic rings. The molecule has 0 amide bonds. The molecule has 9 nitrogen and oxygen atoms in total. The number of hydrogen-bond acceptors (Lipinski definition) is 8. The van der Waals surface area contributed by atoms with E-state index in [0.717, 1.165) is 5.56 Å². The van der Waals surface area contributed by atoms with Gasteiger partial charge in [-0.15, -0.1) is 0 Å². The molecular weight excluding hydrogens is 396 g/mol. The van der Waals surface area contributed by atoms with Gasteiger partial charge in [0.25, 0.3) is 0 Å². The van der Waals surface area contributed by atoms with Crippen molar-refractivity contribution in [3.8, 4) is 0 Å². The lowest BCUT2D eigenvalue weighted by Gasteiger charge is -2.28. The van der Waals surface area contributed by atoms with Crippen molar-refractivity contribution in [2.75, 3.05) is 34.0 Å². The number of carboxylic acids is 1. The van der Waals surface area contributed by atoms with Crippen LogP contribution in [0, 0.1) is 0 Å². The van der Waals surface area contributed by atoms with Crippen LogP contribution in [-0.4, -0.2) is 82.2 Å². The number of aromatic nitrogens is 1. The van der Waals surface area contributed by atoms with Crippen LogP contribution in [0.15, 0.2) is 24.5 Å². The predicted molar refractivity (Wildman–Crippen MR) is 110 cm³/mol. The third kappa shape index (κ3) is 10.3. The summed E-state index contributed by atoms with van der Waals surface area (Å²) in [7, 11) is 0.475. The Morgan fingerprint density at radius 1 is 1.31 bits per heavy atom. The number of rotatable bonds is 16. The summed E-state index contributed by atoms with van der Waals surface area (Å²) in [6.45, 7) is 4.49. The largest absolute Gasteiger partial charge is 0.500 e. The first kappa shape index (κ1) is 25.6. The molecule has 2 atom stereocenters. The van der Waals surface area contributed by atoms with Crippen LogP contribution in [0.3, 0.4) is 0 Å². The molecule has 0 aliphatic heterocycles. The smallest absolute Gasteiger partial charge is 0.480 e. The minimum absolute atomic E-state index is 0.00392. The standard InChI is InChI=1S/C19H34N2O7Si/c1-15(2)28-29(25-3,26-4)10-6-9-27-14-17(22)13-21-18(19(23)24)11-16-7-5-8-20-12-16/h5,7-8,12,15,17-18,21-22H,6,9-11,13-14H2,1-4H3,(H,23,24). The normalized spacial score (nSPS) is 14.1. The monoisotopic (exact) mass is 430 g/mol. The molecule has 1 rings (SSSR count). The van der Waals surface area contributed by atoms with Gasteiger partial charge < -0.3 is 33.5 Å². The minimum Gasteiger partial charge on any atom is -0.480 e. The first-order valence-electron chi connectivity index (χ1n) is 9.71. The first-order valence-corrected chi connectivity index (χ1v) is 11.6. The Kier molecular flexibility index (Phi) is 12.2. The number of carboxylic acid groups (broad SMARTS) is 1. The Morgan fingerprint density at radius 3 is 2.59 bits per heavy atom. The molecule has 0 spiro atoms. The van der Waals surface area contributed by atoms with Gasteiger partial charge in [-0.25, -0.2) is 0 Å². The zero-order chi connectivity index (χ0) is 21.7. The molecule has 2 unspecified atom stereocenters. The molecule has 0 aromatic carbocycles. The van der Waals surface area contributed by atoms with E-state index in [4.69, 9.17) is 18.0 Å². The molecule has 29 heavy (non-hydrogen) atoms. The predicted octanol–water partition coefficient (Wildman–Crippen LogP) is 1.09. The van der Waals surface area contributed by atoms with Crippen molar-refractivity contribution >= 4 is 14.8 Å². The maximum absolute atomic E-state index is 11.4. The van der Waals surface area contributed by atoms with E-state index in [2.05, 4.69) is 10.3 Å². The second-order valence-corrected chi connectivity index (χ2v) is 9.87. The highest BCUT2D eigenvalue weighted by molar-refractivity contribution is 6.60. The summed E-state index contributed by atoms with van der Waals surface area (Å²) >= 11 is 0. The van der Waals surface area contributed by atoms with E-state index < -0.39 is 26.9 Å². The number of aliphatic hydroxyl groups excluding tert-OH is 1. The third-order valence-corrected chi connectivity index (χ3v) is 7.22. The molecule has 10 heteroatoms. The quantitative estimate of drug-likeness (QED) is 0.261. The van der Waals surface area contributed by atoms with Crippen LogP contribution in [0.1, 0.15) is 25.8 Å². The number of nitrogens with zero attached hydrogens (tertiary/aromatic N) is 1. The Labute approximate surface area is 173 Å². The van der Waals surface area contributed by atoms with Crippen molar-refractivity contribution < 1.29 is 33.0 Å². The molecule has 166 valence electrons. The van der Waals surface area contributed by atoms with E-state index in [-0.39, 0.29) is 25.7 Å². The van der Waals surface area contributed by atoms with E-state index in [9.17, 15) is 15.0 Å². The van der Waals surface area contributed by atoms with Crippen molar-refractivity contribution in [3.05, 3.63) is 30.1 Å². The van der Waals surface area contributed by atoms with Gasteiger partial charge in [0.1, 0.15) is 6.04 Å². The van der Waals surface area contributed by atoms with Crippen molar-refractivity contribution in [2.45, 2.75) is 51.0 Å². The zero-order valence-corrected chi connectivity index (χ0v) is 18.7. The summed E-state index contributed by atoms with van der Waals surface area (Å²) in [5, 5.41) is 22.3. The minimum atomic E-state index is -2.69. The van der Waals surface area contributed by atoms with Gasteiger partial charge in [0.2, 0.25) is 0 Å².